The van der Waals surface area contributed by atoms with Crippen molar-refractivity contribution in [3.63, 3.8) is 0 Å². The zero-order valence-corrected chi connectivity index (χ0v) is 20.8. The lowest BCUT2D eigenvalue weighted by Crippen LogP contribution is -2.08. The van der Waals surface area contributed by atoms with Gasteiger partial charge in [0.25, 0.3) is 0 Å². The first-order valence-electron chi connectivity index (χ1n) is 11.8. The van der Waals surface area contributed by atoms with Crippen LogP contribution < -0.4 is 18.9 Å². The van der Waals surface area contributed by atoms with Crippen LogP contribution in [0.5, 0.6) is 23.0 Å². The minimum Gasteiger partial charge on any atom is -0.496 e. The predicted octanol–water partition coefficient (Wildman–Crippen LogP) is 5.37. The zero-order valence-electron chi connectivity index (χ0n) is 20.8. The molecule has 3 aromatic rings. The Bertz CT molecular complexity index is 1190. The number of rotatable bonds is 14. The topological polar surface area (TPSA) is 104 Å². The molecule has 0 unspecified atom stereocenters. The standard InChI is InChI=1S/C28H31NO7/c1-4-8-24-26(14-13-23(19(2)30)27(24)33-3)35-16-7-15-34-21-10-6-11-22(17-21)36-18-20-9-5-12-25(29-20)28(31)32/h5-6,9-14,17H,4,7-8,15-16,18H2,1-3H3,(H,31,32). The Balaban J connectivity index is 1.51. The lowest BCUT2D eigenvalue weighted by atomic mass is 10.0. The molecule has 1 N–H and O–H groups in total. The zero-order chi connectivity index (χ0) is 25.9. The second kappa shape index (κ2) is 13.1. The molecule has 2 aromatic carbocycles. The summed E-state index contributed by atoms with van der Waals surface area (Å²) in [4.78, 5) is 27.0. The molecule has 0 amide bonds. The highest BCUT2D eigenvalue weighted by molar-refractivity contribution is 5.97. The van der Waals surface area contributed by atoms with Crippen molar-refractivity contribution in [3.05, 3.63) is 77.1 Å². The van der Waals surface area contributed by atoms with Crippen molar-refractivity contribution >= 4 is 11.8 Å². The van der Waals surface area contributed by atoms with E-state index in [0.717, 1.165) is 24.2 Å². The minimum absolute atomic E-state index is 0.0227. The summed E-state index contributed by atoms with van der Waals surface area (Å²) < 4.78 is 23.1. The van der Waals surface area contributed by atoms with Crippen LogP contribution in [0.4, 0.5) is 0 Å². The third kappa shape index (κ3) is 7.21. The number of ketones is 1. The Morgan fingerprint density at radius 1 is 0.944 bits per heavy atom. The van der Waals surface area contributed by atoms with Crippen LogP contribution in [-0.2, 0) is 13.0 Å². The number of carbonyl (C=O) groups excluding carboxylic acids is 1. The second-order valence-corrected chi connectivity index (χ2v) is 8.06. The fourth-order valence-electron chi connectivity index (χ4n) is 3.66. The molecule has 0 saturated heterocycles. The van der Waals surface area contributed by atoms with Crippen molar-refractivity contribution in [2.24, 2.45) is 0 Å². The Labute approximate surface area is 210 Å². The van der Waals surface area contributed by atoms with Gasteiger partial charge in [-0.3, -0.25) is 4.79 Å². The molecule has 0 radical (unpaired) electrons. The number of carboxylic acids is 1. The van der Waals surface area contributed by atoms with Crippen molar-refractivity contribution in [1.82, 2.24) is 4.98 Å². The first-order valence-corrected chi connectivity index (χ1v) is 11.8. The van der Waals surface area contributed by atoms with E-state index >= 15 is 0 Å². The van der Waals surface area contributed by atoms with Gasteiger partial charge < -0.3 is 24.1 Å². The molecular formula is C28H31NO7. The first kappa shape index (κ1) is 26.5. The molecule has 190 valence electrons. The van der Waals surface area contributed by atoms with Crippen LogP contribution >= 0.6 is 0 Å². The first-order chi connectivity index (χ1) is 17.4. The maximum absolute atomic E-state index is 11.9. The molecule has 0 aliphatic carbocycles. The largest absolute Gasteiger partial charge is 0.496 e. The predicted molar refractivity (Wildman–Crippen MR) is 135 cm³/mol. The van der Waals surface area contributed by atoms with Gasteiger partial charge >= 0.3 is 5.97 Å². The van der Waals surface area contributed by atoms with Crippen molar-refractivity contribution in [3.8, 4) is 23.0 Å². The van der Waals surface area contributed by atoms with Crippen LogP contribution in [0.25, 0.3) is 0 Å². The number of Topliss-reactive ketones (excluding diaryl/α,β-unsaturated/α-hetero) is 1. The minimum atomic E-state index is -1.08. The van der Waals surface area contributed by atoms with Crippen molar-refractivity contribution in [1.29, 1.82) is 0 Å². The quantitative estimate of drug-likeness (QED) is 0.236. The molecule has 1 heterocycles. The maximum Gasteiger partial charge on any atom is 0.354 e. The Morgan fingerprint density at radius 3 is 2.36 bits per heavy atom. The molecule has 0 bridgehead atoms. The number of nitrogens with zero attached hydrogens (tertiary/aromatic N) is 1. The van der Waals surface area contributed by atoms with Gasteiger partial charge in [0.15, 0.2) is 5.78 Å². The van der Waals surface area contributed by atoms with E-state index in [9.17, 15) is 9.59 Å². The number of methoxy groups -OCH3 is 1. The molecule has 1 aromatic heterocycles. The fraction of sp³-hybridized carbons (Fsp3) is 0.321. The number of pyridine rings is 1. The van der Waals surface area contributed by atoms with Gasteiger partial charge in [-0.2, -0.15) is 0 Å². The van der Waals surface area contributed by atoms with E-state index in [1.807, 2.05) is 18.2 Å². The maximum atomic E-state index is 11.9. The summed E-state index contributed by atoms with van der Waals surface area (Å²) in [6.45, 7) is 4.63. The third-order valence-electron chi connectivity index (χ3n) is 5.33. The van der Waals surface area contributed by atoms with Crippen LogP contribution in [0.2, 0.25) is 0 Å². The van der Waals surface area contributed by atoms with Crippen molar-refractivity contribution in [2.45, 2.75) is 39.7 Å². The molecule has 0 aliphatic rings. The number of carbonyl (C=O) groups is 2. The Kier molecular flexibility index (Phi) is 9.68. The number of aromatic carboxylic acids is 1. The summed E-state index contributed by atoms with van der Waals surface area (Å²) >= 11 is 0. The van der Waals surface area contributed by atoms with E-state index in [1.165, 1.54) is 13.0 Å². The smallest absolute Gasteiger partial charge is 0.354 e. The van der Waals surface area contributed by atoms with Gasteiger partial charge in [0.2, 0.25) is 0 Å². The van der Waals surface area contributed by atoms with E-state index in [0.29, 0.717) is 48.1 Å². The van der Waals surface area contributed by atoms with Crippen LogP contribution in [-0.4, -0.2) is 42.2 Å². The highest BCUT2D eigenvalue weighted by atomic mass is 16.5. The molecule has 0 atom stereocenters. The lowest BCUT2D eigenvalue weighted by Gasteiger charge is -2.17. The highest BCUT2D eigenvalue weighted by Gasteiger charge is 2.17. The van der Waals surface area contributed by atoms with Gasteiger partial charge in [0.1, 0.15) is 35.3 Å². The summed E-state index contributed by atoms with van der Waals surface area (Å²) in [5, 5.41) is 9.06. The van der Waals surface area contributed by atoms with E-state index < -0.39 is 5.97 Å². The van der Waals surface area contributed by atoms with E-state index in [-0.39, 0.29) is 18.1 Å². The third-order valence-corrected chi connectivity index (χ3v) is 5.33. The summed E-state index contributed by atoms with van der Waals surface area (Å²) in [5.41, 5.74) is 1.96. The molecule has 8 heteroatoms. The van der Waals surface area contributed by atoms with E-state index in [1.54, 1.807) is 37.4 Å². The van der Waals surface area contributed by atoms with E-state index in [2.05, 4.69) is 11.9 Å². The number of aromatic nitrogens is 1. The highest BCUT2D eigenvalue weighted by Crippen LogP contribution is 2.34. The molecule has 0 aliphatic heterocycles. The summed E-state index contributed by atoms with van der Waals surface area (Å²) in [6.07, 6.45) is 2.30. The second-order valence-electron chi connectivity index (χ2n) is 8.06. The summed E-state index contributed by atoms with van der Waals surface area (Å²) in [6, 6.07) is 15.6. The molecule has 0 fully saturated rings. The molecule has 36 heavy (non-hydrogen) atoms. The van der Waals surface area contributed by atoms with Crippen LogP contribution in [0.3, 0.4) is 0 Å². The monoisotopic (exact) mass is 493 g/mol. The molecule has 8 nitrogen and oxygen atoms in total. The normalized spacial score (nSPS) is 10.5. The lowest BCUT2D eigenvalue weighted by molar-refractivity contribution is 0.0689. The van der Waals surface area contributed by atoms with Gasteiger partial charge in [-0.25, -0.2) is 9.78 Å². The van der Waals surface area contributed by atoms with E-state index in [4.69, 9.17) is 24.1 Å². The average Bonchev–Trinajstić information content (AvgIpc) is 2.88. The van der Waals surface area contributed by atoms with Crippen molar-refractivity contribution in [2.75, 3.05) is 20.3 Å². The van der Waals surface area contributed by atoms with Gasteiger partial charge in [-0.1, -0.05) is 25.5 Å². The van der Waals surface area contributed by atoms with Gasteiger partial charge in [-0.05, 0) is 49.7 Å². The Morgan fingerprint density at radius 2 is 1.67 bits per heavy atom. The number of ether oxygens (including phenoxy) is 4. The van der Waals surface area contributed by atoms with Gasteiger partial charge in [0, 0.05) is 18.1 Å². The van der Waals surface area contributed by atoms with Crippen LogP contribution in [0, 0.1) is 0 Å². The number of carboxylic acid groups (broad SMARTS) is 1. The Hall–Kier alpha value is -4.07. The number of hydrogen-bond acceptors (Lipinski definition) is 7. The molecule has 0 spiro atoms. The summed E-state index contributed by atoms with van der Waals surface area (Å²) in [5.74, 6) is 1.42. The molecule has 3 rings (SSSR count). The average molecular weight is 494 g/mol. The fourth-order valence-corrected chi connectivity index (χ4v) is 3.66. The number of hydrogen-bond donors (Lipinski definition) is 1. The van der Waals surface area contributed by atoms with Crippen LogP contribution in [0.15, 0.2) is 54.6 Å². The number of benzene rings is 2. The molecular weight excluding hydrogens is 462 g/mol. The van der Waals surface area contributed by atoms with Gasteiger partial charge in [0.05, 0.1) is 31.6 Å². The van der Waals surface area contributed by atoms with Gasteiger partial charge in [-0.15, -0.1) is 0 Å². The SMILES string of the molecule is CCCc1c(OCCCOc2cccc(OCc3cccc(C(=O)O)n3)c2)ccc(C(C)=O)c1OC. The molecule has 0 saturated carbocycles. The van der Waals surface area contributed by atoms with Crippen LogP contribution in [0.1, 0.15) is 58.8 Å². The van der Waals surface area contributed by atoms with Crippen molar-refractivity contribution < 1.29 is 33.6 Å². The summed E-state index contributed by atoms with van der Waals surface area (Å²) in [7, 11) is 1.57.